The molecular weight excluding hydrogens is 365 g/mol. The van der Waals surface area contributed by atoms with E-state index in [2.05, 4.69) is 27.6 Å². The van der Waals surface area contributed by atoms with E-state index >= 15 is 0 Å². The first-order chi connectivity index (χ1) is 9.70. The summed E-state index contributed by atoms with van der Waals surface area (Å²) in [6.07, 6.45) is 0. The number of methoxy groups -OCH3 is 1. The molecule has 0 aliphatic rings. The van der Waals surface area contributed by atoms with Crippen molar-refractivity contribution in [3.63, 3.8) is 0 Å². The Hall–Kier alpha value is -1.82. The van der Waals surface area contributed by atoms with Gasteiger partial charge >= 0.3 is 0 Å². The number of aromatic amines is 1. The first-order valence-corrected chi connectivity index (χ1v) is 7.23. The Morgan fingerprint density at radius 2 is 1.90 bits per heavy atom. The molecule has 1 aromatic heterocycles. The van der Waals surface area contributed by atoms with Crippen LogP contribution in [-0.4, -0.2) is 12.1 Å². The van der Waals surface area contributed by atoms with E-state index in [0.29, 0.717) is 8.96 Å². The Morgan fingerprint density at radius 1 is 1.10 bits per heavy atom. The number of ether oxygens (including phenoxy) is 1. The maximum absolute atomic E-state index is 12.4. The molecule has 0 amide bonds. The first-order valence-electron chi connectivity index (χ1n) is 6.15. The number of fused-ring (bicyclic) bond motifs is 1. The van der Waals surface area contributed by atoms with Crippen LogP contribution in [0.1, 0.15) is 0 Å². The number of benzene rings is 2. The van der Waals surface area contributed by atoms with Crippen molar-refractivity contribution in [3.8, 4) is 17.0 Å². The van der Waals surface area contributed by atoms with Gasteiger partial charge in [0.2, 0.25) is 5.43 Å². The van der Waals surface area contributed by atoms with E-state index in [4.69, 9.17) is 4.74 Å². The third-order valence-electron chi connectivity index (χ3n) is 3.21. The van der Waals surface area contributed by atoms with Gasteiger partial charge in [0.25, 0.3) is 0 Å². The molecule has 100 valence electrons. The average molecular weight is 377 g/mol. The second-order valence-electron chi connectivity index (χ2n) is 4.42. The molecule has 1 heterocycles. The van der Waals surface area contributed by atoms with Gasteiger partial charge in [-0.15, -0.1) is 0 Å². The Labute approximate surface area is 129 Å². The van der Waals surface area contributed by atoms with Crippen LogP contribution >= 0.6 is 22.6 Å². The summed E-state index contributed by atoms with van der Waals surface area (Å²) in [5, 5.41) is 0.712. The molecule has 3 rings (SSSR count). The zero-order valence-corrected chi connectivity index (χ0v) is 13.0. The molecular formula is C16H12INO2. The summed E-state index contributed by atoms with van der Waals surface area (Å²) in [5.74, 6) is 0.771. The van der Waals surface area contributed by atoms with Crippen molar-refractivity contribution in [1.82, 2.24) is 4.98 Å². The number of halogens is 1. The van der Waals surface area contributed by atoms with Crippen molar-refractivity contribution in [1.29, 1.82) is 0 Å². The Balaban J connectivity index is 2.31. The monoisotopic (exact) mass is 377 g/mol. The van der Waals surface area contributed by atoms with Crippen molar-refractivity contribution < 1.29 is 4.74 Å². The highest BCUT2D eigenvalue weighted by atomic mass is 127. The third-order valence-corrected chi connectivity index (χ3v) is 4.24. The van der Waals surface area contributed by atoms with Crippen LogP contribution in [0.4, 0.5) is 0 Å². The Bertz CT molecular complexity index is 839. The molecule has 20 heavy (non-hydrogen) atoms. The van der Waals surface area contributed by atoms with E-state index in [0.717, 1.165) is 22.5 Å². The summed E-state index contributed by atoms with van der Waals surface area (Å²) in [5.41, 5.74) is 2.67. The lowest BCUT2D eigenvalue weighted by Gasteiger charge is -2.09. The number of H-pyrrole nitrogens is 1. The van der Waals surface area contributed by atoms with Gasteiger partial charge in [0.05, 0.1) is 16.4 Å². The number of para-hydroxylation sites is 1. The summed E-state index contributed by atoms with van der Waals surface area (Å²) in [4.78, 5) is 15.8. The van der Waals surface area contributed by atoms with Crippen molar-refractivity contribution in [2.45, 2.75) is 0 Å². The lowest BCUT2D eigenvalue weighted by atomic mass is 10.1. The molecule has 0 atom stereocenters. The van der Waals surface area contributed by atoms with Crippen molar-refractivity contribution in [2.24, 2.45) is 0 Å². The maximum Gasteiger partial charge on any atom is 0.203 e. The summed E-state index contributed by atoms with van der Waals surface area (Å²) < 4.78 is 5.93. The van der Waals surface area contributed by atoms with Gasteiger partial charge in [0.15, 0.2) is 0 Å². The van der Waals surface area contributed by atoms with E-state index in [1.165, 1.54) is 0 Å². The minimum Gasteiger partial charge on any atom is -0.497 e. The standard InChI is InChI=1S/C16H12INO2/c1-20-11-6-4-5-10(9-11)15-14(17)16(19)12-7-2-3-8-13(12)18-15/h2-9H,1H3,(H,18,19). The molecule has 0 saturated carbocycles. The molecule has 3 nitrogen and oxygen atoms in total. The summed E-state index contributed by atoms with van der Waals surface area (Å²) in [7, 11) is 1.63. The third kappa shape index (κ3) is 2.20. The number of hydrogen-bond acceptors (Lipinski definition) is 2. The average Bonchev–Trinajstić information content (AvgIpc) is 2.51. The van der Waals surface area contributed by atoms with Crippen LogP contribution in [0.25, 0.3) is 22.2 Å². The molecule has 0 bridgehead atoms. The van der Waals surface area contributed by atoms with E-state index in [1.54, 1.807) is 7.11 Å². The van der Waals surface area contributed by atoms with Crippen LogP contribution in [0.2, 0.25) is 0 Å². The van der Waals surface area contributed by atoms with Gasteiger partial charge in [-0.3, -0.25) is 4.79 Å². The van der Waals surface area contributed by atoms with Gasteiger partial charge in [0.1, 0.15) is 5.75 Å². The maximum atomic E-state index is 12.4. The quantitative estimate of drug-likeness (QED) is 0.691. The SMILES string of the molecule is COc1cccc(-c2[nH]c3ccccc3c(=O)c2I)c1. The predicted octanol–water partition coefficient (Wildman–Crippen LogP) is 3.81. The second kappa shape index (κ2) is 5.28. The predicted molar refractivity (Wildman–Crippen MR) is 89.3 cm³/mol. The lowest BCUT2D eigenvalue weighted by molar-refractivity contribution is 0.415. The highest BCUT2D eigenvalue weighted by Gasteiger charge is 2.11. The fourth-order valence-corrected chi connectivity index (χ4v) is 2.93. The van der Waals surface area contributed by atoms with Crippen LogP contribution in [0, 0.1) is 3.57 Å². The number of pyridine rings is 1. The van der Waals surface area contributed by atoms with Crippen LogP contribution in [0.15, 0.2) is 53.3 Å². The molecule has 0 fully saturated rings. The zero-order chi connectivity index (χ0) is 14.1. The summed E-state index contributed by atoms with van der Waals surface area (Å²) in [6.45, 7) is 0. The number of hydrogen-bond donors (Lipinski definition) is 1. The molecule has 2 aromatic carbocycles. The summed E-state index contributed by atoms with van der Waals surface area (Å²) in [6, 6.07) is 15.2. The van der Waals surface area contributed by atoms with Gasteiger partial charge in [-0.2, -0.15) is 0 Å². The van der Waals surface area contributed by atoms with Gasteiger partial charge in [0, 0.05) is 16.5 Å². The molecule has 0 aliphatic carbocycles. The van der Waals surface area contributed by atoms with Crippen molar-refractivity contribution in [3.05, 3.63) is 62.3 Å². The normalized spacial score (nSPS) is 10.7. The van der Waals surface area contributed by atoms with Gasteiger partial charge in [-0.25, -0.2) is 0 Å². The Kier molecular flexibility index (Phi) is 3.48. The fourth-order valence-electron chi connectivity index (χ4n) is 2.19. The van der Waals surface area contributed by atoms with E-state index < -0.39 is 0 Å². The molecule has 1 N–H and O–H groups in total. The largest absolute Gasteiger partial charge is 0.497 e. The van der Waals surface area contributed by atoms with Gasteiger partial charge < -0.3 is 9.72 Å². The van der Waals surface area contributed by atoms with Gasteiger partial charge in [-0.05, 0) is 46.9 Å². The molecule has 0 radical (unpaired) electrons. The highest BCUT2D eigenvalue weighted by Crippen LogP contribution is 2.26. The van der Waals surface area contributed by atoms with Crippen LogP contribution in [-0.2, 0) is 0 Å². The smallest absolute Gasteiger partial charge is 0.203 e. The van der Waals surface area contributed by atoms with Crippen LogP contribution < -0.4 is 10.2 Å². The number of aromatic nitrogens is 1. The van der Waals surface area contributed by atoms with E-state index in [1.807, 2.05) is 48.5 Å². The number of rotatable bonds is 2. The highest BCUT2D eigenvalue weighted by molar-refractivity contribution is 14.1. The molecule has 0 saturated heterocycles. The lowest BCUT2D eigenvalue weighted by Crippen LogP contribution is -2.09. The topological polar surface area (TPSA) is 42.1 Å². The van der Waals surface area contributed by atoms with Crippen LogP contribution in [0.3, 0.4) is 0 Å². The van der Waals surface area contributed by atoms with Crippen LogP contribution in [0.5, 0.6) is 5.75 Å². The summed E-state index contributed by atoms with van der Waals surface area (Å²) >= 11 is 2.10. The molecule has 0 aliphatic heterocycles. The fraction of sp³-hybridized carbons (Fsp3) is 0.0625. The second-order valence-corrected chi connectivity index (χ2v) is 5.50. The minimum atomic E-state index is 0.0535. The Morgan fingerprint density at radius 3 is 2.70 bits per heavy atom. The van der Waals surface area contributed by atoms with E-state index in [9.17, 15) is 4.79 Å². The minimum absolute atomic E-state index is 0.0535. The zero-order valence-electron chi connectivity index (χ0n) is 10.8. The van der Waals surface area contributed by atoms with E-state index in [-0.39, 0.29) is 5.43 Å². The van der Waals surface area contributed by atoms with Gasteiger partial charge in [-0.1, -0.05) is 24.3 Å². The molecule has 4 heteroatoms. The van der Waals surface area contributed by atoms with Crippen molar-refractivity contribution >= 4 is 33.5 Å². The van der Waals surface area contributed by atoms with Crippen molar-refractivity contribution in [2.75, 3.05) is 7.11 Å². The number of nitrogens with one attached hydrogen (secondary N) is 1. The first kappa shape index (κ1) is 13.2. The molecule has 3 aromatic rings. The molecule has 0 unspecified atom stereocenters. The molecule has 0 spiro atoms.